The zero-order valence-corrected chi connectivity index (χ0v) is 34.8. The summed E-state index contributed by atoms with van der Waals surface area (Å²) in [6.45, 7) is 1.99. The number of aryl methyl sites for hydroxylation is 2. The molecule has 0 N–H and O–H groups in total. The van der Waals surface area contributed by atoms with Crippen molar-refractivity contribution >= 4 is 55.1 Å². The van der Waals surface area contributed by atoms with Crippen LogP contribution in [-0.4, -0.2) is 13.1 Å². The van der Waals surface area contributed by atoms with Crippen LogP contribution in [0, 0.1) is 0 Å². The number of anilines is 4. The third-order valence-electron chi connectivity index (χ3n) is 13.4. The molecule has 0 saturated carbocycles. The summed E-state index contributed by atoms with van der Waals surface area (Å²) in [7, 11) is 0. The smallest absolute Gasteiger partial charge is 0.0443 e. The van der Waals surface area contributed by atoms with Crippen LogP contribution < -0.4 is 9.80 Å². The summed E-state index contributed by atoms with van der Waals surface area (Å²) in [4.78, 5) is 5.10. The summed E-state index contributed by atoms with van der Waals surface area (Å²) < 4.78 is 0. The van der Waals surface area contributed by atoms with Gasteiger partial charge in [0, 0.05) is 35.8 Å². The van der Waals surface area contributed by atoms with Gasteiger partial charge in [-0.3, -0.25) is 0 Å². The summed E-state index contributed by atoms with van der Waals surface area (Å²) in [5, 5.41) is 7.56. The van der Waals surface area contributed by atoms with Crippen LogP contribution in [-0.2, 0) is 12.8 Å². The van der Waals surface area contributed by atoms with Gasteiger partial charge >= 0.3 is 0 Å². The monoisotopic (exact) mass is 794 g/mol. The molecule has 10 aromatic carbocycles. The number of rotatable bonds is 6. The summed E-state index contributed by atoms with van der Waals surface area (Å²) >= 11 is 0. The molecule has 2 heteroatoms. The van der Waals surface area contributed by atoms with Crippen molar-refractivity contribution in [3.63, 3.8) is 0 Å². The fourth-order valence-electron chi connectivity index (χ4n) is 10.5. The second-order valence-corrected chi connectivity index (χ2v) is 17.1. The van der Waals surface area contributed by atoms with E-state index in [1.54, 1.807) is 0 Å². The summed E-state index contributed by atoms with van der Waals surface area (Å²) in [5.41, 5.74) is 17.8. The van der Waals surface area contributed by atoms with E-state index in [4.69, 9.17) is 0 Å². The average molecular weight is 795 g/mol. The maximum Gasteiger partial charge on any atom is 0.0443 e. The van der Waals surface area contributed by atoms with Gasteiger partial charge in [0.2, 0.25) is 0 Å². The summed E-state index contributed by atoms with van der Waals surface area (Å²) in [6.07, 6.45) is 4.49. The van der Waals surface area contributed by atoms with Gasteiger partial charge < -0.3 is 9.80 Å². The van der Waals surface area contributed by atoms with E-state index >= 15 is 0 Å². The van der Waals surface area contributed by atoms with Crippen LogP contribution in [0.1, 0.15) is 24.0 Å². The zero-order valence-electron chi connectivity index (χ0n) is 34.8. The van der Waals surface area contributed by atoms with Crippen LogP contribution in [0.15, 0.2) is 206 Å². The van der Waals surface area contributed by atoms with E-state index in [0.29, 0.717) is 0 Å². The molecule has 62 heavy (non-hydrogen) atoms. The van der Waals surface area contributed by atoms with E-state index in [9.17, 15) is 0 Å². The van der Waals surface area contributed by atoms with Gasteiger partial charge in [0.15, 0.2) is 0 Å². The highest BCUT2D eigenvalue weighted by Gasteiger charge is 2.25. The van der Waals surface area contributed by atoms with Crippen LogP contribution in [0.2, 0.25) is 0 Å². The largest absolute Gasteiger partial charge is 0.341 e. The molecule has 0 spiro atoms. The number of hydrogen-bond acceptors (Lipinski definition) is 2. The fraction of sp³-hybridized carbons (Fsp3) is 0.100. The van der Waals surface area contributed by atoms with Crippen molar-refractivity contribution in [3.05, 3.63) is 217 Å². The van der Waals surface area contributed by atoms with Crippen LogP contribution >= 0.6 is 0 Å². The van der Waals surface area contributed by atoms with Crippen molar-refractivity contribution in [2.45, 2.75) is 25.7 Å². The first-order chi connectivity index (χ1) is 30.7. The van der Waals surface area contributed by atoms with Gasteiger partial charge in [-0.1, -0.05) is 146 Å². The van der Waals surface area contributed by atoms with Gasteiger partial charge in [0.25, 0.3) is 0 Å². The average Bonchev–Trinajstić information content (AvgIpc) is 3.35. The van der Waals surface area contributed by atoms with E-state index in [1.807, 2.05) is 0 Å². The summed E-state index contributed by atoms with van der Waals surface area (Å²) in [5.74, 6) is 0. The minimum Gasteiger partial charge on any atom is -0.341 e. The van der Waals surface area contributed by atoms with Crippen molar-refractivity contribution in [2.24, 2.45) is 0 Å². The first-order valence-corrected chi connectivity index (χ1v) is 22.2. The van der Waals surface area contributed by atoms with Crippen LogP contribution in [0.25, 0.3) is 76.8 Å². The number of fused-ring (bicyclic) bond motifs is 5. The Morgan fingerprint density at radius 2 is 0.758 bits per heavy atom. The minimum atomic E-state index is 0.991. The third-order valence-corrected chi connectivity index (χ3v) is 13.4. The van der Waals surface area contributed by atoms with Gasteiger partial charge in [-0.05, 0) is 174 Å². The number of hydrogen-bond donors (Lipinski definition) is 0. The van der Waals surface area contributed by atoms with Crippen LogP contribution in [0.4, 0.5) is 22.7 Å². The molecule has 0 atom stereocenters. The predicted octanol–water partition coefficient (Wildman–Crippen LogP) is 16.0. The SMILES string of the molecule is c1ccc(-c2cc(-c3ccccc3)cc(-c3c4ccc(N5CCCc6ccccc65)cc4c(-c4ccc5ccccc5c4)c4ccc(N5CCCc6ccccc65)cc34)c2)cc1. The van der Waals surface area contributed by atoms with Gasteiger partial charge in [-0.15, -0.1) is 0 Å². The van der Waals surface area contributed by atoms with E-state index in [0.717, 1.165) is 38.8 Å². The molecule has 10 aromatic rings. The minimum absolute atomic E-state index is 0.991. The van der Waals surface area contributed by atoms with Crippen LogP contribution in [0.5, 0.6) is 0 Å². The lowest BCUT2D eigenvalue weighted by molar-refractivity contribution is 0.767. The Bertz CT molecular complexity index is 3250. The molecular weight excluding hydrogens is 749 g/mol. The normalized spacial score (nSPS) is 13.7. The molecule has 0 bridgehead atoms. The highest BCUT2D eigenvalue weighted by atomic mass is 15.1. The molecule has 2 nitrogen and oxygen atoms in total. The fourth-order valence-corrected chi connectivity index (χ4v) is 10.5. The molecule has 2 aliphatic rings. The van der Waals surface area contributed by atoms with Crippen molar-refractivity contribution < 1.29 is 0 Å². The van der Waals surface area contributed by atoms with Gasteiger partial charge in [-0.2, -0.15) is 0 Å². The molecule has 0 unspecified atom stereocenters. The quantitative estimate of drug-likeness (QED) is 0.155. The molecule has 296 valence electrons. The molecule has 0 saturated heterocycles. The number of para-hydroxylation sites is 2. The molecular formula is C60H46N2. The lowest BCUT2D eigenvalue weighted by Gasteiger charge is -2.32. The molecule has 0 aliphatic carbocycles. The first-order valence-electron chi connectivity index (χ1n) is 22.2. The second kappa shape index (κ2) is 15.2. The molecule has 0 radical (unpaired) electrons. The topological polar surface area (TPSA) is 6.48 Å². The Kier molecular flexibility index (Phi) is 8.96. The molecule has 0 aromatic heterocycles. The lowest BCUT2D eigenvalue weighted by atomic mass is 9.83. The maximum absolute atomic E-state index is 2.55. The Morgan fingerprint density at radius 3 is 1.32 bits per heavy atom. The Labute approximate surface area is 364 Å². The van der Waals surface area contributed by atoms with Gasteiger partial charge in [0.05, 0.1) is 0 Å². The van der Waals surface area contributed by atoms with E-state index < -0.39 is 0 Å². The van der Waals surface area contributed by atoms with Crippen molar-refractivity contribution in [3.8, 4) is 44.5 Å². The predicted molar refractivity (Wildman–Crippen MR) is 264 cm³/mol. The molecule has 2 heterocycles. The number of benzene rings is 10. The standard InChI is InChI=1S/C60H46N2/c1-3-15-41(16-4-1)48-36-49(42-17-5-2-6-18-42)38-50(37-48)60-54-32-30-51(61-33-13-23-44-20-9-11-25-57(44)61)39-55(54)59(47-28-27-43-19-7-8-22-46(43)35-47)53-31-29-52(40-56(53)60)62-34-14-24-45-21-10-12-26-58(45)62/h1-12,15-22,25-32,35-40H,13-14,23-24,33-34H2. The van der Waals surface area contributed by atoms with Crippen molar-refractivity contribution in [2.75, 3.05) is 22.9 Å². The van der Waals surface area contributed by atoms with Gasteiger partial charge in [0.1, 0.15) is 0 Å². The Hall–Kier alpha value is -7.42. The van der Waals surface area contributed by atoms with Crippen LogP contribution in [0.3, 0.4) is 0 Å². The molecule has 2 aliphatic heterocycles. The van der Waals surface area contributed by atoms with E-state index in [-0.39, 0.29) is 0 Å². The molecule has 0 amide bonds. The Morgan fingerprint density at radius 1 is 0.290 bits per heavy atom. The lowest BCUT2D eigenvalue weighted by Crippen LogP contribution is -2.24. The number of nitrogens with zero attached hydrogens (tertiary/aromatic N) is 2. The zero-order chi connectivity index (χ0) is 41.0. The highest BCUT2D eigenvalue weighted by molar-refractivity contribution is 6.23. The van der Waals surface area contributed by atoms with Crippen molar-refractivity contribution in [1.29, 1.82) is 0 Å². The van der Waals surface area contributed by atoms with E-state index in [1.165, 1.54) is 111 Å². The van der Waals surface area contributed by atoms with Crippen molar-refractivity contribution in [1.82, 2.24) is 0 Å². The maximum atomic E-state index is 2.55. The first kappa shape index (κ1) is 36.4. The second-order valence-electron chi connectivity index (χ2n) is 17.1. The third kappa shape index (κ3) is 6.34. The Balaban J connectivity index is 1.20. The molecule has 12 rings (SSSR count). The summed E-state index contributed by atoms with van der Waals surface area (Å²) in [6, 6.07) is 77.4. The van der Waals surface area contributed by atoms with Gasteiger partial charge in [-0.25, -0.2) is 0 Å². The highest BCUT2D eigenvalue weighted by Crippen LogP contribution is 2.49. The molecule has 0 fully saturated rings. The van der Waals surface area contributed by atoms with E-state index in [2.05, 4.69) is 216 Å².